The van der Waals surface area contributed by atoms with Crippen LogP contribution in [0.3, 0.4) is 0 Å². The minimum atomic E-state index is -4.66. The van der Waals surface area contributed by atoms with E-state index in [0.717, 1.165) is 36.4 Å². The molecule has 0 aliphatic carbocycles. The maximum atomic E-state index is 13.0. The molecule has 0 saturated heterocycles. The number of aliphatic carboxylic acids is 1. The normalized spacial score (nSPS) is 13.0. The Morgan fingerprint density at radius 2 is 1.50 bits per heavy atom. The average molecular weight is 433 g/mol. The maximum Gasteiger partial charge on any atom is 0.416 e. The van der Waals surface area contributed by atoms with Crippen molar-refractivity contribution in [2.75, 3.05) is 0 Å². The number of nitrogens with one attached hydrogen (secondary N) is 1. The lowest BCUT2D eigenvalue weighted by Gasteiger charge is -2.18. The van der Waals surface area contributed by atoms with Gasteiger partial charge in [0, 0.05) is 6.04 Å². The molecule has 0 heterocycles. The van der Waals surface area contributed by atoms with Gasteiger partial charge in [-0.1, -0.05) is 30.3 Å². The van der Waals surface area contributed by atoms with Crippen LogP contribution in [0.5, 0.6) is 0 Å². The quantitative estimate of drug-likeness (QED) is 0.634. The molecule has 1 atom stereocenters. The Hall–Kier alpha value is -3.04. The molecule has 0 aliphatic rings. The van der Waals surface area contributed by atoms with Crippen molar-refractivity contribution in [1.82, 2.24) is 5.32 Å². The second-order valence-corrected chi connectivity index (χ2v) is 6.59. The topological polar surface area (TPSA) is 66.4 Å². The van der Waals surface area contributed by atoms with Gasteiger partial charge in [-0.2, -0.15) is 26.3 Å². The molecule has 10 heteroatoms. The zero-order valence-electron chi connectivity index (χ0n) is 15.3. The zero-order valence-corrected chi connectivity index (χ0v) is 15.3. The molecular formula is C20H17F6NO3. The smallest absolute Gasteiger partial charge is 0.416 e. The number of hydrogen-bond acceptors (Lipinski definition) is 2. The molecule has 0 saturated carbocycles. The second kappa shape index (κ2) is 9.19. The maximum absolute atomic E-state index is 13.0. The summed E-state index contributed by atoms with van der Waals surface area (Å²) in [6.07, 6.45) is -10.5. The Bertz CT molecular complexity index is 891. The number of benzene rings is 2. The molecule has 0 radical (unpaired) electrons. The molecule has 2 aromatic carbocycles. The minimum Gasteiger partial charge on any atom is -0.481 e. The summed E-state index contributed by atoms with van der Waals surface area (Å²) >= 11 is 0. The number of rotatable bonds is 7. The largest absolute Gasteiger partial charge is 0.481 e. The summed E-state index contributed by atoms with van der Waals surface area (Å²) in [5, 5.41) is 11.4. The van der Waals surface area contributed by atoms with Gasteiger partial charge in [0.2, 0.25) is 5.91 Å². The molecular weight excluding hydrogens is 416 g/mol. The van der Waals surface area contributed by atoms with Crippen LogP contribution in [0.2, 0.25) is 0 Å². The molecule has 1 amide bonds. The first-order chi connectivity index (χ1) is 13.9. The number of carboxylic acid groups (broad SMARTS) is 1. The standard InChI is InChI=1S/C20H17F6NO3/c21-19(22,23)14-7-5-12(6-8-14)9-15(11-18(29)30)27-17(28)10-13-3-1-2-4-16(13)20(24,25)26/h1-8,15H,9-11H2,(H,27,28)(H,29,30). The van der Waals surface area contributed by atoms with E-state index in [2.05, 4.69) is 5.32 Å². The highest BCUT2D eigenvalue weighted by Crippen LogP contribution is 2.32. The first kappa shape index (κ1) is 23.2. The first-order valence-electron chi connectivity index (χ1n) is 8.68. The summed E-state index contributed by atoms with van der Waals surface area (Å²) in [6.45, 7) is 0. The second-order valence-electron chi connectivity index (χ2n) is 6.59. The van der Waals surface area contributed by atoms with Gasteiger partial charge in [0.15, 0.2) is 0 Å². The highest BCUT2D eigenvalue weighted by atomic mass is 19.4. The molecule has 2 rings (SSSR count). The molecule has 2 aromatic rings. The zero-order chi connectivity index (χ0) is 22.5. The fourth-order valence-electron chi connectivity index (χ4n) is 2.90. The molecule has 4 nitrogen and oxygen atoms in total. The predicted octanol–water partition coefficient (Wildman–Crippen LogP) is 4.47. The van der Waals surface area contributed by atoms with Crippen LogP contribution in [0.4, 0.5) is 26.3 Å². The monoisotopic (exact) mass is 433 g/mol. The SMILES string of the molecule is O=C(O)CC(Cc1ccc(C(F)(F)F)cc1)NC(=O)Cc1ccccc1C(F)(F)F. The van der Waals surface area contributed by atoms with Crippen LogP contribution in [-0.2, 0) is 34.8 Å². The predicted molar refractivity (Wildman–Crippen MR) is 94.5 cm³/mol. The van der Waals surface area contributed by atoms with Crippen molar-refractivity contribution in [3.63, 3.8) is 0 Å². The van der Waals surface area contributed by atoms with Gasteiger partial charge in [-0.15, -0.1) is 0 Å². The fraction of sp³-hybridized carbons (Fsp3) is 0.300. The average Bonchev–Trinajstić information content (AvgIpc) is 2.60. The fourth-order valence-corrected chi connectivity index (χ4v) is 2.90. The number of carbonyl (C=O) groups is 2. The van der Waals surface area contributed by atoms with Gasteiger partial charge < -0.3 is 10.4 Å². The van der Waals surface area contributed by atoms with Crippen molar-refractivity contribution in [2.45, 2.75) is 37.7 Å². The van der Waals surface area contributed by atoms with Gasteiger partial charge in [-0.05, 0) is 35.7 Å². The van der Waals surface area contributed by atoms with E-state index in [0.29, 0.717) is 5.56 Å². The van der Waals surface area contributed by atoms with Crippen molar-refractivity contribution in [3.8, 4) is 0 Å². The number of halogens is 6. The molecule has 30 heavy (non-hydrogen) atoms. The lowest BCUT2D eigenvalue weighted by Crippen LogP contribution is -2.39. The van der Waals surface area contributed by atoms with Gasteiger partial charge >= 0.3 is 18.3 Å². The molecule has 0 fully saturated rings. The molecule has 0 spiro atoms. The van der Waals surface area contributed by atoms with Crippen molar-refractivity contribution in [1.29, 1.82) is 0 Å². The van der Waals surface area contributed by atoms with Crippen LogP contribution in [0.25, 0.3) is 0 Å². The van der Waals surface area contributed by atoms with E-state index >= 15 is 0 Å². The summed E-state index contributed by atoms with van der Waals surface area (Å²) in [5.74, 6) is -2.10. The Kier molecular flexibility index (Phi) is 7.12. The third-order valence-electron chi connectivity index (χ3n) is 4.22. The van der Waals surface area contributed by atoms with Crippen LogP contribution in [-0.4, -0.2) is 23.0 Å². The Balaban J connectivity index is 2.11. The lowest BCUT2D eigenvalue weighted by molar-refractivity contribution is -0.139. The van der Waals surface area contributed by atoms with E-state index in [-0.39, 0.29) is 12.0 Å². The molecule has 0 aromatic heterocycles. The Morgan fingerprint density at radius 3 is 2.03 bits per heavy atom. The van der Waals surface area contributed by atoms with Crippen LogP contribution in [0.15, 0.2) is 48.5 Å². The molecule has 0 aliphatic heterocycles. The first-order valence-corrected chi connectivity index (χ1v) is 8.68. The van der Waals surface area contributed by atoms with Gasteiger partial charge in [0.1, 0.15) is 0 Å². The summed E-state index contributed by atoms with van der Waals surface area (Å²) in [6, 6.07) is 7.46. The molecule has 1 unspecified atom stereocenters. The Labute approximate surface area is 167 Å². The molecule has 2 N–H and O–H groups in total. The summed E-state index contributed by atoms with van der Waals surface area (Å²) in [4.78, 5) is 23.3. The van der Waals surface area contributed by atoms with Crippen molar-refractivity contribution < 1.29 is 41.0 Å². The van der Waals surface area contributed by atoms with E-state index in [9.17, 15) is 35.9 Å². The van der Waals surface area contributed by atoms with Crippen molar-refractivity contribution in [3.05, 3.63) is 70.8 Å². The van der Waals surface area contributed by atoms with Crippen LogP contribution in [0, 0.1) is 0 Å². The van der Waals surface area contributed by atoms with E-state index in [4.69, 9.17) is 5.11 Å². The lowest BCUT2D eigenvalue weighted by atomic mass is 10.0. The minimum absolute atomic E-state index is 0.100. The van der Waals surface area contributed by atoms with Gasteiger partial charge in [0.05, 0.1) is 24.0 Å². The number of amides is 1. The van der Waals surface area contributed by atoms with Gasteiger partial charge in [-0.25, -0.2) is 0 Å². The highest BCUT2D eigenvalue weighted by Gasteiger charge is 2.33. The third kappa shape index (κ3) is 6.78. The molecule has 0 bridgehead atoms. The van der Waals surface area contributed by atoms with E-state index in [1.807, 2.05) is 0 Å². The Morgan fingerprint density at radius 1 is 0.900 bits per heavy atom. The van der Waals surface area contributed by atoms with Gasteiger partial charge in [0.25, 0.3) is 0 Å². The van der Waals surface area contributed by atoms with Gasteiger partial charge in [-0.3, -0.25) is 9.59 Å². The van der Waals surface area contributed by atoms with E-state index < -0.39 is 54.2 Å². The van der Waals surface area contributed by atoms with E-state index in [1.54, 1.807) is 0 Å². The summed E-state index contributed by atoms with van der Waals surface area (Å²) in [5.41, 5.74) is -1.79. The summed E-state index contributed by atoms with van der Waals surface area (Å²) in [7, 11) is 0. The molecule has 162 valence electrons. The number of hydrogen-bond donors (Lipinski definition) is 2. The number of alkyl halides is 6. The van der Waals surface area contributed by atoms with E-state index in [1.165, 1.54) is 12.1 Å². The number of carboxylic acids is 1. The number of carbonyl (C=O) groups excluding carboxylic acids is 1. The summed E-state index contributed by atoms with van der Waals surface area (Å²) < 4.78 is 77.0. The van der Waals surface area contributed by atoms with Crippen molar-refractivity contribution in [2.24, 2.45) is 0 Å². The van der Waals surface area contributed by atoms with Crippen LogP contribution in [0.1, 0.15) is 28.7 Å². The van der Waals surface area contributed by atoms with Crippen LogP contribution < -0.4 is 5.32 Å². The highest BCUT2D eigenvalue weighted by molar-refractivity contribution is 5.80. The third-order valence-corrected chi connectivity index (χ3v) is 4.22. The van der Waals surface area contributed by atoms with Crippen molar-refractivity contribution >= 4 is 11.9 Å². The van der Waals surface area contributed by atoms with Crippen LogP contribution >= 0.6 is 0 Å².